The summed E-state index contributed by atoms with van der Waals surface area (Å²) in [6, 6.07) is 12.1. The number of hydrogen-bond acceptors (Lipinski definition) is 8. The minimum absolute atomic E-state index is 0.00668. The molecule has 0 N–H and O–H groups in total. The van der Waals surface area contributed by atoms with Gasteiger partial charge >= 0.3 is 0 Å². The molecule has 0 aliphatic carbocycles. The molecule has 0 spiro atoms. The van der Waals surface area contributed by atoms with E-state index in [1.807, 2.05) is 46.7 Å². The van der Waals surface area contributed by atoms with E-state index in [1.165, 1.54) is 16.9 Å². The fraction of sp³-hybridized carbons (Fsp3) is 0.304. The number of benzene rings is 1. The summed E-state index contributed by atoms with van der Waals surface area (Å²) in [5.74, 6) is 1.26. The summed E-state index contributed by atoms with van der Waals surface area (Å²) in [6.45, 7) is 6.95. The van der Waals surface area contributed by atoms with Crippen LogP contribution in [0, 0.1) is 6.92 Å². The molecule has 1 atom stereocenters. The van der Waals surface area contributed by atoms with Gasteiger partial charge in [0.15, 0.2) is 0 Å². The number of aryl methyl sites for hydroxylation is 1. The maximum absolute atomic E-state index is 13.0. The zero-order valence-electron chi connectivity index (χ0n) is 17.9. The Morgan fingerprint density at radius 1 is 1.12 bits per heavy atom. The Kier molecular flexibility index (Phi) is 5.86. The van der Waals surface area contributed by atoms with Crippen molar-refractivity contribution in [1.29, 1.82) is 0 Å². The highest BCUT2D eigenvalue weighted by Crippen LogP contribution is 2.30. The molecule has 3 aromatic heterocycles. The third-order valence-electron chi connectivity index (χ3n) is 5.71. The van der Waals surface area contributed by atoms with Crippen molar-refractivity contribution in [1.82, 2.24) is 24.9 Å². The molecule has 1 aliphatic heterocycles. The van der Waals surface area contributed by atoms with Gasteiger partial charge < -0.3 is 9.42 Å². The molecule has 7 nitrogen and oxygen atoms in total. The second kappa shape index (κ2) is 8.93. The minimum atomic E-state index is -0.00668. The van der Waals surface area contributed by atoms with E-state index < -0.39 is 0 Å². The third kappa shape index (κ3) is 4.23. The molecule has 164 valence electrons. The van der Waals surface area contributed by atoms with E-state index in [2.05, 4.69) is 33.9 Å². The number of hydrogen-bond donors (Lipinski definition) is 0. The first kappa shape index (κ1) is 21.0. The topological polar surface area (TPSA) is 75.4 Å². The average molecular weight is 466 g/mol. The Balaban J connectivity index is 1.20. The highest BCUT2D eigenvalue weighted by atomic mass is 32.1. The van der Waals surface area contributed by atoms with Gasteiger partial charge in [0, 0.05) is 31.7 Å². The summed E-state index contributed by atoms with van der Waals surface area (Å²) >= 11 is 3.09. The number of aromatic nitrogens is 3. The Labute approximate surface area is 194 Å². The molecule has 1 aromatic carbocycles. The number of thiophene rings is 1. The van der Waals surface area contributed by atoms with Crippen LogP contribution in [0.4, 0.5) is 0 Å². The van der Waals surface area contributed by atoms with E-state index in [0.717, 1.165) is 28.5 Å². The molecule has 0 bridgehead atoms. The lowest BCUT2D eigenvalue weighted by atomic mass is 10.1. The average Bonchev–Trinajstić information content (AvgIpc) is 3.60. The van der Waals surface area contributed by atoms with Crippen LogP contribution in [-0.4, -0.2) is 57.0 Å². The van der Waals surface area contributed by atoms with Crippen molar-refractivity contribution in [3.63, 3.8) is 0 Å². The van der Waals surface area contributed by atoms with Crippen LogP contribution in [0.3, 0.4) is 0 Å². The highest BCUT2D eigenvalue weighted by Gasteiger charge is 2.29. The Hall–Kier alpha value is -2.88. The molecule has 5 rings (SSSR count). The number of nitrogens with zero attached hydrogens (tertiary/aromatic N) is 5. The van der Waals surface area contributed by atoms with Crippen molar-refractivity contribution in [2.45, 2.75) is 19.9 Å². The molecule has 0 saturated carbocycles. The van der Waals surface area contributed by atoms with E-state index in [0.29, 0.717) is 29.7 Å². The molecule has 1 aliphatic rings. The predicted molar refractivity (Wildman–Crippen MR) is 126 cm³/mol. The molecule has 1 saturated heterocycles. The molecular formula is C23H23N5O2S2. The first-order valence-corrected chi connectivity index (χ1v) is 12.2. The third-order valence-corrected chi connectivity index (χ3v) is 7.73. The lowest BCUT2D eigenvalue weighted by molar-refractivity contribution is 0.0555. The number of piperazine rings is 1. The van der Waals surface area contributed by atoms with Gasteiger partial charge in [0.25, 0.3) is 5.91 Å². The number of rotatable bonds is 5. The standard InChI is InChI=1S/C23H23N5O2S2/c1-15-5-7-17(8-6-15)20-25-21(30-26-20)16(2)27-9-11-28(12-10-27)23(29)19-14-24-22(32-19)18-4-3-13-31-18/h3-8,13-14,16H,9-12H2,1-2H3. The van der Waals surface area contributed by atoms with Crippen LogP contribution >= 0.6 is 22.7 Å². The second-order valence-electron chi connectivity index (χ2n) is 7.83. The maximum atomic E-state index is 13.0. The fourth-order valence-electron chi connectivity index (χ4n) is 3.74. The second-order valence-corrected chi connectivity index (χ2v) is 9.81. The molecule has 0 radical (unpaired) electrons. The van der Waals surface area contributed by atoms with E-state index >= 15 is 0 Å². The summed E-state index contributed by atoms with van der Waals surface area (Å²) in [5, 5.41) is 7.08. The van der Waals surface area contributed by atoms with Gasteiger partial charge in [0.2, 0.25) is 11.7 Å². The molecule has 4 heterocycles. The molecule has 1 amide bonds. The van der Waals surface area contributed by atoms with Crippen LogP contribution < -0.4 is 0 Å². The largest absolute Gasteiger partial charge is 0.337 e. The van der Waals surface area contributed by atoms with E-state index in [9.17, 15) is 4.79 Å². The van der Waals surface area contributed by atoms with Crippen molar-refractivity contribution in [2.24, 2.45) is 0 Å². The smallest absolute Gasteiger partial charge is 0.265 e. The summed E-state index contributed by atoms with van der Waals surface area (Å²) < 4.78 is 5.56. The monoisotopic (exact) mass is 465 g/mol. The van der Waals surface area contributed by atoms with E-state index in [4.69, 9.17) is 4.52 Å². The SMILES string of the molecule is Cc1ccc(-c2noc(C(C)N3CCN(C(=O)c4cnc(-c5cccs5)s4)CC3)n2)cc1. The summed E-state index contributed by atoms with van der Waals surface area (Å²) in [6.07, 6.45) is 1.70. The first-order chi connectivity index (χ1) is 15.6. The van der Waals surface area contributed by atoms with Crippen LogP contribution in [-0.2, 0) is 0 Å². The Morgan fingerprint density at radius 3 is 2.62 bits per heavy atom. The zero-order chi connectivity index (χ0) is 22.1. The van der Waals surface area contributed by atoms with Crippen molar-refractivity contribution in [2.75, 3.05) is 26.2 Å². The van der Waals surface area contributed by atoms with Gasteiger partial charge in [-0.1, -0.05) is 41.1 Å². The molecule has 32 heavy (non-hydrogen) atoms. The van der Waals surface area contributed by atoms with Gasteiger partial charge in [-0.25, -0.2) is 4.98 Å². The first-order valence-electron chi connectivity index (χ1n) is 10.5. The Morgan fingerprint density at radius 2 is 1.91 bits per heavy atom. The van der Waals surface area contributed by atoms with Gasteiger partial charge in [0.05, 0.1) is 17.1 Å². The number of carbonyl (C=O) groups is 1. The van der Waals surface area contributed by atoms with Gasteiger partial charge in [-0.15, -0.1) is 22.7 Å². The quantitative estimate of drug-likeness (QED) is 0.423. The molecule has 1 fully saturated rings. The molecule has 1 unspecified atom stereocenters. The normalized spacial score (nSPS) is 15.8. The van der Waals surface area contributed by atoms with Crippen molar-refractivity contribution < 1.29 is 9.32 Å². The summed E-state index contributed by atoms with van der Waals surface area (Å²) in [4.78, 5) is 28.0. The van der Waals surface area contributed by atoms with Gasteiger partial charge in [-0.3, -0.25) is 9.69 Å². The zero-order valence-corrected chi connectivity index (χ0v) is 19.5. The maximum Gasteiger partial charge on any atom is 0.265 e. The van der Waals surface area contributed by atoms with Crippen LogP contribution in [0.15, 0.2) is 52.5 Å². The summed E-state index contributed by atoms with van der Waals surface area (Å²) in [5.41, 5.74) is 2.14. The van der Waals surface area contributed by atoms with E-state index in [1.54, 1.807) is 17.5 Å². The van der Waals surface area contributed by atoms with Gasteiger partial charge in [-0.05, 0) is 25.3 Å². The van der Waals surface area contributed by atoms with Crippen LogP contribution in [0.5, 0.6) is 0 Å². The Bertz CT molecular complexity index is 1190. The lowest BCUT2D eigenvalue weighted by Crippen LogP contribution is -2.49. The van der Waals surface area contributed by atoms with Gasteiger partial charge in [-0.2, -0.15) is 4.98 Å². The molecule has 4 aromatic rings. The van der Waals surface area contributed by atoms with Crippen molar-refractivity contribution >= 4 is 28.6 Å². The minimum Gasteiger partial charge on any atom is -0.337 e. The van der Waals surface area contributed by atoms with E-state index in [-0.39, 0.29) is 11.9 Å². The molecular weight excluding hydrogens is 442 g/mol. The van der Waals surface area contributed by atoms with Crippen molar-refractivity contribution in [3.05, 3.63) is 64.3 Å². The van der Waals surface area contributed by atoms with Crippen molar-refractivity contribution in [3.8, 4) is 21.3 Å². The predicted octanol–water partition coefficient (Wildman–Crippen LogP) is 4.75. The number of amides is 1. The van der Waals surface area contributed by atoms with Crippen LogP contribution in [0.1, 0.15) is 34.1 Å². The summed E-state index contributed by atoms with van der Waals surface area (Å²) in [7, 11) is 0. The lowest BCUT2D eigenvalue weighted by Gasteiger charge is -2.36. The molecule has 9 heteroatoms. The number of carbonyl (C=O) groups excluding carboxylic acids is 1. The highest BCUT2D eigenvalue weighted by molar-refractivity contribution is 7.21. The number of thiazole rings is 1. The fourth-order valence-corrected chi connectivity index (χ4v) is 5.42. The van der Waals surface area contributed by atoms with Crippen LogP contribution in [0.25, 0.3) is 21.3 Å². The van der Waals surface area contributed by atoms with Gasteiger partial charge in [0.1, 0.15) is 9.88 Å². The van der Waals surface area contributed by atoms with Crippen LogP contribution in [0.2, 0.25) is 0 Å².